The zero-order valence-corrected chi connectivity index (χ0v) is 11.6. The molecule has 0 aliphatic heterocycles. The minimum Gasteiger partial charge on any atom is -0.481 e. The van der Waals surface area contributed by atoms with Crippen LogP contribution in [-0.4, -0.2) is 53.7 Å². The zero-order valence-electron chi connectivity index (χ0n) is 11.6. The Hall–Kier alpha value is -1.14. The molecular formula is C12H24N2O4. The standard InChI is InChI=1S/C12H24N2O4/c1-12(2,3)14(6-5-11(16)17)10(15)7-9(8-13)18-4/h9H,5-8,13H2,1-4H3,(H,16,17). The van der Waals surface area contributed by atoms with Crippen molar-refractivity contribution in [3.63, 3.8) is 0 Å². The van der Waals surface area contributed by atoms with E-state index >= 15 is 0 Å². The van der Waals surface area contributed by atoms with Crippen molar-refractivity contribution >= 4 is 11.9 Å². The highest BCUT2D eigenvalue weighted by Crippen LogP contribution is 2.16. The molecule has 0 radical (unpaired) electrons. The van der Waals surface area contributed by atoms with Crippen molar-refractivity contribution in [1.29, 1.82) is 0 Å². The molecule has 18 heavy (non-hydrogen) atoms. The Kier molecular flexibility index (Phi) is 6.86. The summed E-state index contributed by atoms with van der Waals surface area (Å²) in [4.78, 5) is 24.3. The summed E-state index contributed by atoms with van der Waals surface area (Å²) in [5.41, 5.74) is 5.06. The predicted octanol–water partition coefficient (Wildman–Crippen LogP) is 0.452. The Morgan fingerprint density at radius 3 is 2.28 bits per heavy atom. The summed E-state index contributed by atoms with van der Waals surface area (Å²) in [6, 6.07) is 0. The van der Waals surface area contributed by atoms with Gasteiger partial charge in [0, 0.05) is 25.7 Å². The number of rotatable bonds is 7. The number of carbonyl (C=O) groups excluding carboxylic acids is 1. The van der Waals surface area contributed by atoms with Crippen LogP contribution in [-0.2, 0) is 14.3 Å². The third-order valence-corrected chi connectivity index (χ3v) is 2.66. The van der Waals surface area contributed by atoms with Crippen LogP contribution in [0.1, 0.15) is 33.6 Å². The quantitative estimate of drug-likeness (QED) is 0.693. The summed E-state index contributed by atoms with van der Waals surface area (Å²) in [5.74, 6) is -1.06. The van der Waals surface area contributed by atoms with Crippen molar-refractivity contribution < 1.29 is 19.4 Å². The van der Waals surface area contributed by atoms with E-state index in [1.54, 1.807) is 4.90 Å². The van der Waals surface area contributed by atoms with E-state index in [0.717, 1.165) is 0 Å². The fraction of sp³-hybridized carbons (Fsp3) is 0.833. The second-order valence-corrected chi connectivity index (χ2v) is 5.16. The average Bonchev–Trinajstić information content (AvgIpc) is 2.23. The highest BCUT2D eigenvalue weighted by molar-refractivity contribution is 5.78. The van der Waals surface area contributed by atoms with Gasteiger partial charge in [-0.2, -0.15) is 0 Å². The normalized spacial score (nSPS) is 13.2. The van der Waals surface area contributed by atoms with Crippen LogP contribution in [0, 0.1) is 0 Å². The van der Waals surface area contributed by atoms with Crippen LogP contribution in [0.25, 0.3) is 0 Å². The van der Waals surface area contributed by atoms with E-state index in [1.165, 1.54) is 7.11 Å². The number of nitrogens with zero attached hydrogens (tertiary/aromatic N) is 1. The second kappa shape index (κ2) is 7.33. The van der Waals surface area contributed by atoms with Gasteiger partial charge in [-0.1, -0.05) is 0 Å². The highest BCUT2D eigenvalue weighted by atomic mass is 16.5. The van der Waals surface area contributed by atoms with Crippen molar-refractivity contribution in [3.8, 4) is 0 Å². The number of amides is 1. The molecule has 0 bridgehead atoms. The average molecular weight is 260 g/mol. The van der Waals surface area contributed by atoms with Crippen LogP contribution in [0.15, 0.2) is 0 Å². The number of hydrogen-bond donors (Lipinski definition) is 2. The number of methoxy groups -OCH3 is 1. The van der Waals surface area contributed by atoms with Gasteiger partial charge >= 0.3 is 5.97 Å². The Morgan fingerprint density at radius 2 is 1.94 bits per heavy atom. The molecule has 0 aliphatic rings. The number of carboxylic acid groups (broad SMARTS) is 1. The van der Waals surface area contributed by atoms with Crippen LogP contribution < -0.4 is 5.73 Å². The lowest BCUT2D eigenvalue weighted by Gasteiger charge is -2.36. The molecule has 0 rings (SSSR count). The van der Waals surface area contributed by atoms with Crippen LogP contribution >= 0.6 is 0 Å². The number of aliphatic carboxylic acids is 1. The molecule has 1 atom stereocenters. The molecule has 0 aromatic carbocycles. The molecule has 6 heteroatoms. The minimum absolute atomic E-state index is 0.0662. The van der Waals surface area contributed by atoms with Crippen LogP contribution in [0.5, 0.6) is 0 Å². The summed E-state index contributed by atoms with van der Waals surface area (Å²) >= 11 is 0. The Labute approximate surface area is 108 Å². The molecule has 6 nitrogen and oxygen atoms in total. The second-order valence-electron chi connectivity index (χ2n) is 5.16. The Bertz CT molecular complexity index is 282. The van der Waals surface area contributed by atoms with Gasteiger partial charge in [0.1, 0.15) is 0 Å². The lowest BCUT2D eigenvalue weighted by Crippen LogP contribution is -2.48. The van der Waals surface area contributed by atoms with Crippen LogP contribution in [0.2, 0.25) is 0 Å². The van der Waals surface area contributed by atoms with Gasteiger partial charge in [0.05, 0.1) is 18.9 Å². The van der Waals surface area contributed by atoms with Gasteiger partial charge in [0.2, 0.25) is 5.91 Å². The van der Waals surface area contributed by atoms with Gasteiger partial charge in [-0.25, -0.2) is 0 Å². The Balaban J connectivity index is 4.65. The predicted molar refractivity (Wildman–Crippen MR) is 68.2 cm³/mol. The summed E-state index contributed by atoms with van der Waals surface area (Å²) in [6.45, 7) is 6.07. The molecule has 3 N–H and O–H groups in total. The Morgan fingerprint density at radius 1 is 1.39 bits per heavy atom. The maximum atomic E-state index is 12.1. The van der Waals surface area contributed by atoms with E-state index in [2.05, 4.69) is 0 Å². The molecule has 106 valence electrons. The van der Waals surface area contributed by atoms with Crippen LogP contribution in [0.4, 0.5) is 0 Å². The number of ether oxygens (including phenoxy) is 1. The van der Waals surface area contributed by atoms with Crippen molar-refractivity contribution in [1.82, 2.24) is 4.90 Å². The molecule has 0 saturated carbocycles. The lowest BCUT2D eigenvalue weighted by atomic mass is 10.0. The lowest BCUT2D eigenvalue weighted by molar-refractivity contribution is -0.141. The van der Waals surface area contributed by atoms with E-state index < -0.39 is 11.5 Å². The summed E-state index contributed by atoms with van der Waals surface area (Å²) in [6.07, 6.45) is -0.222. The fourth-order valence-corrected chi connectivity index (χ4v) is 1.61. The molecule has 0 fully saturated rings. The first-order valence-electron chi connectivity index (χ1n) is 5.97. The molecule has 0 spiro atoms. The highest BCUT2D eigenvalue weighted by Gasteiger charge is 2.28. The summed E-state index contributed by atoms with van der Waals surface area (Å²) < 4.78 is 5.07. The van der Waals surface area contributed by atoms with Gasteiger partial charge < -0.3 is 20.5 Å². The molecular weight excluding hydrogens is 236 g/mol. The van der Waals surface area contributed by atoms with E-state index in [4.69, 9.17) is 15.6 Å². The topological polar surface area (TPSA) is 92.9 Å². The largest absolute Gasteiger partial charge is 0.481 e. The van der Waals surface area contributed by atoms with Gasteiger partial charge in [-0.05, 0) is 20.8 Å². The van der Waals surface area contributed by atoms with E-state index in [9.17, 15) is 9.59 Å². The maximum Gasteiger partial charge on any atom is 0.305 e. The molecule has 0 aliphatic carbocycles. The van der Waals surface area contributed by atoms with Gasteiger partial charge in [-0.15, -0.1) is 0 Å². The van der Waals surface area contributed by atoms with Gasteiger partial charge in [-0.3, -0.25) is 9.59 Å². The molecule has 0 aromatic rings. The SMILES string of the molecule is COC(CN)CC(=O)N(CCC(=O)O)C(C)(C)C. The molecule has 1 unspecified atom stereocenters. The van der Waals surface area contributed by atoms with Gasteiger partial charge in [0.25, 0.3) is 0 Å². The third kappa shape index (κ3) is 5.97. The molecule has 0 saturated heterocycles. The van der Waals surface area contributed by atoms with Crippen molar-refractivity contribution in [3.05, 3.63) is 0 Å². The summed E-state index contributed by atoms with van der Waals surface area (Å²) in [7, 11) is 1.50. The monoisotopic (exact) mass is 260 g/mol. The zero-order chi connectivity index (χ0) is 14.3. The van der Waals surface area contributed by atoms with Crippen LogP contribution in [0.3, 0.4) is 0 Å². The first-order chi connectivity index (χ1) is 8.22. The number of hydrogen-bond acceptors (Lipinski definition) is 4. The summed E-state index contributed by atoms with van der Waals surface area (Å²) in [5, 5.41) is 8.70. The van der Waals surface area contributed by atoms with Crippen molar-refractivity contribution in [2.24, 2.45) is 5.73 Å². The third-order valence-electron chi connectivity index (χ3n) is 2.66. The number of carboxylic acids is 1. The van der Waals surface area contributed by atoms with E-state index in [1.807, 2.05) is 20.8 Å². The number of carbonyl (C=O) groups is 2. The number of nitrogens with two attached hydrogens (primary N) is 1. The van der Waals surface area contributed by atoms with E-state index in [0.29, 0.717) is 0 Å². The first kappa shape index (κ1) is 16.9. The fourth-order valence-electron chi connectivity index (χ4n) is 1.61. The van der Waals surface area contributed by atoms with E-state index in [-0.39, 0.29) is 37.9 Å². The van der Waals surface area contributed by atoms with Gasteiger partial charge in [0.15, 0.2) is 0 Å². The molecule has 0 heterocycles. The van der Waals surface area contributed by atoms with Crippen molar-refractivity contribution in [2.45, 2.75) is 45.3 Å². The van der Waals surface area contributed by atoms with Crippen molar-refractivity contribution in [2.75, 3.05) is 20.2 Å². The maximum absolute atomic E-state index is 12.1. The first-order valence-corrected chi connectivity index (χ1v) is 5.97. The smallest absolute Gasteiger partial charge is 0.305 e. The molecule has 1 amide bonds. The minimum atomic E-state index is -0.917. The molecule has 0 aromatic heterocycles.